The van der Waals surface area contributed by atoms with E-state index in [2.05, 4.69) is 10.3 Å². The highest BCUT2D eigenvalue weighted by Crippen LogP contribution is 2.44. The Labute approximate surface area is 162 Å². The van der Waals surface area contributed by atoms with Crippen molar-refractivity contribution < 1.29 is 23.5 Å². The maximum absolute atomic E-state index is 13.9. The monoisotopic (exact) mass is 384 g/mol. The van der Waals surface area contributed by atoms with E-state index in [1.54, 1.807) is 24.3 Å². The number of esters is 1. The molecular weight excluding hydrogens is 363 g/mol. The standard InChI is InChI=1S/C21H21FN2O4/c22-15-7-2-3-9-17(15)27-20-16(8-6-12-23-20)24-19(26)14-13-18(25)28-21(14)10-4-1-5-11-21/h2-3,6-9,12,14H,1,4-5,10-11,13H2,(H,24,26). The number of halogens is 1. The van der Waals surface area contributed by atoms with Gasteiger partial charge in [-0.1, -0.05) is 18.6 Å². The van der Waals surface area contributed by atoms with Gasteiger partial charge in [-0.15, -0.1) is 0 Å². The number of nitrogens with one attached hydrogen (secondary N) is 1. The van der Waals surface area contributed by atoms with Gasteiger partial charge in [0, 0.05) is 6.20 Å². The molecule has 1 aromatic carbocycles. The van der Waals surface area contributed by atoms with Gasteiger partial charge >= 0.3 is 5.97 Å². The quantitative estimate of drug-likeness (QED) is 0.799. The number of hydrogen-bond donors (Lipinski definition) is 1. The summed E-state index contributed by atoms with van der Waals surface area (Å²) in [5.74, 6) is -1.62. The van der Waals surface area contributed by atoms with E-state index in [1.807, 2.05) is 0 Å². The summed E-state index contributed by atoms with van der Waals surface area (Å²) in [5, 5.41) is 2.80. The number of amides is 1. The van der Waals surface area contributed by atoms with Gasteiger partial charge in [0.2, 0.25) is 11.8 Å². The second-order valence-corrected chi connectivity index (χ2v) is 7.23. The third-order valence-electron chi connectivity index (χ3n) is 5.41. The Kier molecular flexibility index (Phi) is 4.98. The van der Waals surface area contributed by atoms with Crippen molar-refractivity contribution in [3.05, 3.63) is 48.4 Å². The fourth-order valence-electron chi connectivity index (χ4n) is 4.04. The van der Waals surface area contributed by atoms with Crippen LogP contribution >= 0.6 is 0 Å². The maximum Gasteiger partial charge on any atom is 0.307 e. The van der Waals surface area contributed by atoms with Gasteiger partial charge in [-0.05, 0) is 49.9 Å². The Morgan fingerprint density at radius 2 is 1.96 bits per heavy atom. The smallest absolute Gasteiger partial charge is 0.307 e. The number of benzene rings is 1. The molecule has 1 aliphatic heterocycles. The van der Waals surface area contributed by atoms with Gasteiger partial charge in [0.05, 0.1) is 12.3 Å². The molecule has 1 saturated heterocycles. The number of rotatable bonds is 4. The zero-order valence-corrected chi connectivity index (χ0v) is 15.3. The molecule has 1 N–H and O–H groups in total. The summed E-state index contributed by atoms with van der Waals surface area (Å²) in [5.41, 5.74) is -0.394. The minimum absolute atomic E-state index is 0.0137. The average Bonchev–Trinajstić information content (AvgIpc) is 3.01. The molecule has 1 aromatic heterocycles. The van der Waals surface area contributed by atoms with Gasteiger partial charge in [0.25, 0.3) is 0 Å². The normalized spacial score (nSPS) is 20.6. The molecule has 1 atom stereocenters. The molecule has 2 fully saturated rings. The first-order chi connectivity index (χ1) is 13.6. The number of hydrogen-bond acceptors (Lipinski definition) is 5. The topological polar surface area (TPSA) is 77.5 Å². The van der Waals surface area contributed by atoms with Crippen molar-refractivity contribution in [2.75, 3.05) is 5.32 Å². The number of ether oxygens (including phenoxy) is 2. The number of carbonyl (C=O) groups is 2. The van der Waals surface area contributed by atoms with E-state index in [1.165, 1.54) is 18.3 Å². The van der Waals surface area contributed by atoms with Crippen LogP contribution in [0.1, 0.15) is 38.5 Å². The molecule has 0 radical (unpaired) electrons. The van der Waals surface area contributed by atoms with Crippen LogP contribution in [0.5, 0.6) is 11.6 Å². The predicted octanol–water partition coefficient (Wildman–Crippen LogP) is 4.22. The van der Waals surface area contributed by atoms with Crippen LogP contribution in [-0.2, 0) is 14.3 Å². The number of para-hydroxylation sites is 1. The fourth-order valence-corrected chi connectivity index (χ4v) is 4.04. The highest BCUT2D eigenvalue weighted by molar-refractivity contribution is 5.97. The highest BCUT2D eigenvalue weighted by atomic mass is 19.1. The van der Waals surface area contributed by atoms with Crippen LogP contribution in [0.2, 0.25) is 0 Å². The van der Waals surface area contributed by atoms with E-state index < -0.39 is 17.3 Å². The zero-order chi connectivity index (χ0) is 19.6. The van der Waals surface area contributed by atoms with E-state index in [-0.39, 0.29) is 29.9 Å². The first kappa shape index (κ1) is 18.4. The molecule has 2 heterocycles. The largest absolute Gasteiger partial charge is 0.458 e. The lowest BCUT2D eigenvalue weighted by molar-refractivity contribution is -0.153. The van der Waals surface area contributed by atoms with Crippen molar-refractivity contribution >= 4 is 17.6 Å². The summed E-state index contributed by atoms with van der Waals surface area (Å²) < 4.78 is 25.1. The Bertz CT molecular complexity index is 895. The van der Waals surface area contributed by atoms with E-state index in [9.17, 15) is 14.0 Å². The van der Waals surface area contributed by atoms with Crippen molar-refractivity contribution in [3.8, 4) is 11.6 Å². The van der Waals surface area contributed by atoms with Gasteiger partial charge < -0.3 is 14.8 Å². The highest BCUT2D eigenvalue weighted by Gasteiger charge is 2.52. The fraction of sp³-hybridized carbons (Fsp3) is 0.381. The van der Waals surface area contributed by atoms with Crippen molar-refractivity contribution in [1.82, 2.24) is 4.98 Å². The molecule has 1 saturated carbocycles. The van der Waals surface area contributed by atoms with Gasteiger partial charge in [-0.25, -0.2) is 9.37 Å². The van der Waals surface area contributed by atoms with Gasteiger partial charge in [-0.2, -0.15) is 0 Å². The molecule has 1 unspecified atom stereocenters. The summed E-state index contributed by atoms with van der Waals surface area (Å²) in [7, 11) is 0. The second kappa shape index (κ2) is 7.58. The number of carbonyl (C=O) groups excluding carboxylic acids is 2. The van der Waals surface area contributed by atoms with Gasteiger partial charge in [0.15, 0.2) is 11.6 Å². The van der Waals surface area contributed by atoms with Crippen LogP contribution in [0.15, 0.2) is 42.6 Å². The lowest BCUT2D eigenvalue weighted by Gasteiger charge is -2.36. The number of pyridine rings is 1. The van der Waals surface area contributed by atoms with Crippen LogP contribution in [0, 0.1) is 11.7 Å². The van der Waals surface area contributed by atoms with Crippen LogP contribution < -0.4 is 10.1 Å². The van der Waals surface area contributed by atoms with Crippen molar-refractivity contribution in [2.45, 2.75) is 44.1 Å². The summed E-state index contributed by atoms with van der Waals surface area (Å²) in [6.45, 7) is 0. The third-order valence-corrected chi connectivity index (χ3v) is 5.41. The SMILES string of the molecule is O=C1CC(C(=O)Nc2cccnc2Oc2ccccc2F)C2(CCCCC2)O1. The molecule has 28 heavy (non-hydrogen) atoms. The molecular formula is C21H21FN2O4. The van der Waals surface area contributed by atoms with Crippen molar-refractivity contribution in [1.29, 1.82) is 0 Å². The first-order valence-corrected chi connectivity index (χ1v) is 9.47. The molecule has 0 bridgehead atoms. The average molecular weight is 384 g/mol. The summed E-state index contributed by atoms with van der Waals surface area (Å²) in [4.78, 5) is 29.1. The first-order valence-electron chi connectivity index (χ1n) is 9.47. The van der Waals surface area contributed by atoms with Crippen LogP contribution in [0.4, 0.5) is 10.1 Å². The minimum Gasteiger partial charge on any atom is -0.458 e. The van der Waals surface area contributed by atoms with E-state index in [0.29, 0.717) is 18.5 Å². The summed E-state index contributed by atoms with van der Waals surface area (Å²) in [6.07, 6.45) is 5.91. The Morgan fingerprint density at radius 1 is 1.18 bits per heavy atom. The van der Waals surface area contributed by atoms with Crippen LogP contribution in [0.25, 0.3) is 0 Å². The van der Waals surface area contributed by atoms with Gasteiger partial charge in [0.1, 0.15) is 11.3 Å². The second-order valence-electron chi connectivity index (χ2n) is 7.23. The predicted molar refractivity (Wildman–Crippen MR) is 99.4 cm³/mol. The molecule has 146 valence electrons. The molecule has 6 nitrogen and oxygen atoms in total. The molecule has 7 heteroatoms. The molecule has 1 spiro atoms. The molecule has 4 rings (SSSR count). The van der Waals surface area contributed by atoms with E-state index >= 15 is 0 Å². The third kappa shape index (κ3) is 3.56. The summed E-state index contributed by atoms with van der Waals surface area (Å²) >= 11 is 0. The molecule has 1 amide bonds. The van der Waals surface area contributed by atoms with Crippen LogP contribution in [-0.4, -0.2) is 22.5 Å². The lowest BCUT2D eigenvalue weighted by atomic mass is 9.75. The molecule has 2 aromatic rings. The Balaban J connectivity index is 1.55. The summed E-state index contributed by atoms with van der Waals surface area (Å²) in [6, 6.07) is 9.25. The van der Waals surface area contributed by atoms with E-state index in [4.69, 9.17) is 9.47 Å². The van der Waals surface area contributed by atoms with Crippen LogP contribution in [0.3, 0.4) is 0 Å². The lowest BCUT2D eigenvalue weighted by Crippen LogP contribution is -2.43. The maximum atomic E-state index is 13.9. The number of nitrogens with zero attached hydrogens (tertiary/aromatic N) is 1. The Hall–Kier alpha value is -2.96. The molecule has 1 aliphatic carbocycles. The van der Waals surface area contributed by atoms with Crippen molar-refractivity contribution in [3.63, 3.8) is 0 Å². The molecule has 2 aliphatic rings. The van der Waals surface area contributed by atoms with E-state index in [0.717, 1.165) is 19.3 Å². The van der Waals surface area contributed by atoms with Gasteiger partial charge in [-0.3, -0.25) is 9.59 Å². The van der Waals surface area contributed by atoms with Crippen molar-refractivity contribution in [2.24, 2.45) is 5.92 Å². The zero-order valence-electron chi connectivity index (χ0n) is 15.3. The number of aromatic nitrogens is 1. The number of anilines is 1. The minimum atomic E-state index is -0.714. The Morgan fingerprint density at radius 3 is 2.75 bits per heavy atom.